The van der Waals surface area contributed by atoms with Crippen molar-refractivity contribution in [3.63, 3.8) is 0 Å². The maximum absolute atomic E-state index is 13.7. The van der Waals surface area contributed by atoms with Crippen LogP contribution in [0.4, 0.5) is 0 Å². The normalized spacial score (nSPS) is 23.1. The Morgan fingerprint density at radius 1 is 1.28 bits per heavy atom. The number of hydrogen-bond acceptors (Lipinski definition) is 6. The Labute approximate surface area is 215 Å². The molecule has 36 heavy (non-hydrogen) atoms. The highest BCUT2D eigenvalue weighted by atomic mass is 32.2. The highest BCUT2D eigenvalue weighted by Crippen LogP contribution is 2.34. The second-order valence-corrected chi connectivity index (χ2v) is 12.1. The fourth-order valence-corrected chi connectivity index (χ4v) is 6.78. The lowest BCUT2D eigenvalue weighted by atomic mass is 10.0. The molecule has 1 N–H and O–H groups in total. The Balaban J connectivity index is 1.66. The van der Waals surface area contributed by atoms with Crippen LogP contribution in [0.15, 0.2) is 47.6 Å². The average molecular weight is 512 g/mol. The van der Waals surface area contributed by atoms with Crippen molar-refractivity contribution < 1.29 is 18.3 Å². The zero-order chi connectivity index (χ0) is 25.7. The molecule has 0 saturated heterocycles. The minimum atomic E-state index is -3.86. The molecule has 194 valence electrons. The Bertz CT molecular complexity index is 1190. The molecule has 2 aliphatic rings. The minimum Gasteiger partial charge on any atom is -0.487 e. The van der Waals surface area contributed by atoms with Gasteiger partial charge in [-0.3, -0.25) is 9.88 Å². The molecule has 3 atom stereocenters. The van der Waals surface area contributed by atoms with Gasteiger partial charge in [-0.2, -0.15) is 4.31 Å². The van der Waals surface area contributed by atoms with E-state index in [0.717, 1.165) is 24.0 Å². The number of nitrogens with zero attached hydrogens (tertiary/aromatic N) is 3. The topological polar surface area (TPSA) is 83.0 Å². The van der Waals surface area contributed by atoms with Gasteiger partial charge in [-0.1, -0.05) is 37.7 Å². The van der Waals surface area contributed by atoms with Crippen molar-refractivity contribution in [2.75, 3.05) is 26.7 Å². The number of pyridine rings is 1. The summed E-state index contributed by atoms with van der Waals surface area (Å²) >= 11 is 0. The predicted octanol–water partition coefficient (Wildman–Crippen LogP) is 3.52. The van der Waals surface area contributed by atoms with E-state index in [1.54, 1.807) is 31.3 Å². The monoisotopic (exact) mass is 511 g/mol. The molecule has 2 aromatic rings. The van der Waals surface area contributed by atoms with E-state index >= 15 is 0 Å². The van der Waals surface area contributed by atoms with Gasteiger partial charge < -0.3 is 9.84 Å². The van der Waals surface area contributed by atoms with Crippen LogP contribution in [-0.4, -0.2) is 66.6 Å². The molecule has 0 amide bonds. The molecule has 7 nitrogen and oxygen atoms in total. The molecule has 2 heterocycles. The van der Waals surface area contributed by atoms with Crippen molar-refractivity contribution in [3.8, 4) is 17.6 Å². The summed E-state index contributed by atoms with van der Waals surface area (Å²) in [5, 5.41) is 9.84. The number of rotatable bonds is 6. The van der Waals surface area contributed by atoms with Gasteiger partial charge in [-0.05, 0) is 56.6 Å². The van der Waals surface area contributed by atoms with Gasteiger partial charge in [0.05, 0.1) is 6.61 Å². The number of aliphatic hydroxyl groups is 1. The first-order valence-corrected chi connectivity index (χ1v) is 14.2. The van der Waals surface area contributed by atoms with Crippen molar-refractivity contribution in [2.24, 2.45) is 11.8 Å². The van der Waals surface area contributed by atoms with Gasteiger partial charge in [0.2, 0.25) is 10.0 Å². The minimum absolute atomic E-state index is 0.105. The van der Waals surface area contributed by atoms with E-state index in [4.69, 9.17) is 4.74 Å². The molecule has 8 heteroatoms. The summed E-state index contributed by atoms with van der Waals surface area (Å²) < 4.78 is 35.2. The van der Waals surface area contributed by atoms with E-state index in [1.165, 1.54) is 17.1 Å². The first-order chi connectivity index (χ1) is 17.3. The standard InChI is InChI=1S/C28H37N3O4S/c1-21-17-31(22(2)20-32)36(33,34)28-13-12-24(11-10-23-7-4-5-8-23)15-26(28)35-27(21)19-30(3)18-25-9-6-14-29-16-25/h6,9,12-16,21-23,27,32H,4-5,7-8,17-20H2,1-3H3/t21-,22-,27-/m1/s1. The molecule has 0 spiro atoms. The Kier molecular flexibility index (Phi) is 8.68. The van der Waals surface area contributed by atoms with E-state index in [1.807, 2.05) is 32.3 Å². The molecule has 1 fully saturated rings. The van der Waals surface area contributed by atoms with Gasteiger partial charge in [0.25, 0.3) is 0 Å². The first-order valence-electron chi connectivity index (χ1n) is 12.8. The number of aliphatic hydroxyl groups excluding tert-OH is 1. The summed E-state index contributed by atoms with van der Waals surface area (Å²) in [7, 11) is -1.83. The zero-order valence-electron chi connectivity index (χ0n) is 21.4. The van der Waals surface area contributed by atoms with Gasteiger partial charge in [0.1, 0.15) is 16.7 Å². The third-order valence-electron chi connectivity index (χ3n) is 7.11. The van der Waals surface area contributed by atoms with E-state index in [9.17, 15) is 13.5 Å². The number of aromatic nitrogens is 1. The summed E-state index contributed by atoms with van der Waals surface area (Å²) in [5.74, 6) is 7.24. The number of likely N-dealkylation sites (N-methyl/N-ethyl adjacent to an activating group) is 1. The van der Waals surface area contributed by atoms with Crippen molar-refractivity contribution in [1.82, 2.24) is 14.2 Å². The number of benzene rings is 1. The molecule has 1 aliphatic carbocycles. The predicted molar refractivity (Wildman–Crippen MR) is 140 cm³/mol. The van der Waals surface area contributed by atoms with Crippen molar-refractivity contribution >= 4 is 10.0 Å². The second-order valence-electron chi connectivity index (χ2n) is 10.2. The average Bonchev–Trinajstić information content (AvgIpc) is 3.39. The molecular weight excluding hydrogens is 474 g/mol. The summed E-state index contributed by atoms with van der Waals surface area (Å²) in [5.41, 5.74) is 1.86. The maximum atomic E-state index is 13.7. The van der Waals surface area contributed by atoms with Gasteiger partial charge in [-0.15, -0.1) is 0 Å². The molecule has 0 bridgehead atoms. The van der Waals surface area contributed by atoms with Crippen molar-refractivity contribution in [1.29, 1.82) is 0 Å². The van der Waals surface area contributed by atoms with Gasteiger partial charge in [0.15, 0.2) is 0 Å². The highest BCUT2D eigenvalue weighted by Gasteiger charge is 2.38. The molecular formula is C28H37N3O4S. The zero-order valence-corrected chi connectivity index (χ0v) is 22.2. The largest absolute Gasteiger partial charge is 0.487 e. The van der Waals surface area contributed by atoms with Crippen LogP contribution in [0, 0.1) is 23.7 Å². The van der Waals surface area contributed by atoms with Gasteiger partial charge >= 0.3 is 0 Å². The first kappa shape index (κ1) is 26.6. The van der Waals surface area contributed by atoms with Crippen LogP contribution in [0.25, 0.3) is 0 Å². The van der Waals surface area contributed by atoms with E-state index in [2.05, 4.69) is 21.7 Å². The summed E-state index contributed by atoms with van der Waals surface area (Å²) in [6.07, 6.45) is 8.03. The van der Waals surface area contributed by atoms with Crippen LogP contribution in [0.3, 0.4) is 0 Å². The molecule has 1 aromatic heterocycles. The Morgan fingerprint density at radius 3 is 2.75 bits per heavy atom. The molecule has 0 unspecified atom stereocenters. The summed E-state index contributed by atoms with van der Waals surface area (Å²) in [6.45, 7) is 5.06. The van der Waals surface area contributed by atoms with Gasteiger partial charge in [0, 0.05) is 55.5 Å². The van der Waals surface area contributed by atoms with Crippen molar-refractivity contribution in [2.45, 2.75) is 63.1 Å². The summed E-state index contributed by atoms with van der Waals surface area (Å²) in [6, 6.07) is 8.54. The van der Waals surface area contributed by atoms with Crippen molar-refractivity contribution in [3.05, 3.63) is 53.9 Å². The van der Waals surface area contributed by atoms with E-state index in [-0.39, 0.29) is 30.1 Å². The van der Waals surface area contributed by atoms with Crippen LogP contribution < -0.4 is 4.74 Å². The SMILES string of the molecule is C[C@@H]1CN([C@H](C)CO)S(=O)(=O)c2ccc(C#CC3CCCC3)cc2O[C@@H]1CN(C)Cc1cccnc1. The fourth-order valence-electron chi connectivity index (χ4n) is 4.95. The number of fused-ring (bicyclic) bond motifs is 1. The third kappa shape index (κ3) is 6.27. The maximum Gasteiger partial charge on any atom is 0.247 e. The van der Waals surface area contributed by atoms with E-state index < -0.39 is 16.1 Å². The Hall–Kier alpha value is -2.44. The lowest BCUT2D eigenvalue weighted by Gasteiger charge is -2.37. The fraction of sp³-hybridized carbons (Fsp3) is 0.536. The number of sulfonamides is 1. The number of hydrogen-bond donors (Lipinski definition) is 1. The summed E-state index contributed by atoms with van der Waals surface area (Å²) in [4.78, 5) is 6.49. The quantitative estimate of drug-likeness (QED) is 0.598. The van der Waals surface area contributed by atoms with E-state index in [0.29, 0.717) is 24.8 Å². The molecule has 1 aliphatic heterocycles. The third-order valence-corrected chi connectivity index (χ3v) is 9.13. The second kappa shape index (κ2) is 11.7. The Morgan fingerprint density at radius 2 is 2.06 bits per heavy atom. The molecule has 1 saturated carbocycles. The van der Waals surface area contributed by atoms with Gasteiger partial charge in [-0.25, -0.2) is 8.42 Å². The van der Waals surface area contributed by atoms with Crippen LogP contribution >= 0.6 is 0 Å². The van der Waals surface area contributed by atoms with Crippen LogP contribution in [0.2, 0.25) is 0 Å². The molecule has 0 radical (unpaired) electrons. The number of ether oxygens (including phenoxy) is 1. The smallest absolute Gasteiger partial charge is 0.247 e. The van der Waals surface area contributed by atoms with Crippen LogP contribution in [-0.2, 0) is 16.6 Å². The lowest BCUT2D eigenvalue weighted by molar-refractivity contribution is 0.0733. The highest BCUT2D eigenvalue weighted by molar-refractivity contribution is 7.89. The lowest BCUT2D eigenvalue weighted by Crippen LogP contribution is -2.49. The molecule has 1 aromatic carbocycles. The molecule has 4 rings (SSSR count). The van der Waals surface area contributed by atoms with Crippen LogP contribution in [0.1, 0.15) is 50.7 Å². The van der Waals surface area contributed by atoms with Crippen LogP contribution in [0.5, 0.6) is 5.75 Å².